The molecule has 0 spiro atoms. The fourth-order valence-electron chi connectivity index (χ4n) is 2.65. The molecular formula is C17H21ClN4O2. The molecule has 1 aliphatic heterocycles. The monoisotopic (exact) mass is 348 g/mol. The largest absolute Gasteiger partial charge is 0.273 e. The lowest BCUT2D eigenvalue weighted by atomic mass is 10.2. The Kier molecular flexibility index (Phi) is 6.04. The third-order valence-electron chi connectivity index (χ3n) is 3.87. The van der Waals surface area contributed by atoms with Crippen LogP contribution in [0.5, 0.6) is 0 Å². The summed E-state index contributed by atoms with van der Waals surface area (Å²) in [5.74, 6) is 2.21. The van der Waals surface area contributed by atoms with Gasteiger partial charge >= 0.3 is 0 Å². The lowest BCUT2D eigenvalue weighted by Gasteiger charge is -2.26. The van der Waals surface area contributed by atoms with E-state index in [2.05, 4.69) is 11.0 Å². The van der Waals surface area contributed by atoms with Crippen LogP contribution in [-0.4, -0.2) is 44.7 Å². The topological polar surface area (TPSA) is 58.4 Å². The van der Waals surface area contributed by atoms with Gasteiger partial charge in [-0.2, -0.15) is 5.10 Å². The molecule has 1 fully saturated rings. The molecule has 1 aromatic heterocycles. The van der Waals surface area contributed by atoms with E-state index in [0.717, 1.165) is 12.1 Å². The molecular weight excluding hydrogens is 328 g/mol. The quantitative estimate of drug-likeness (QED) is 0.465. The van der Waals surface area contributed by atoms with E-state index in [9.17, 15) is 9.59 Å². The number of hydrogen-bond donors (Lipinski definition) is 0. The van der Waals surface area contributed by atoms with Gasteiger partial charge in [-0.3, -0.25) is 19.3 Å². The van der Waals surface area contributed by atoms with Crippen LogP contribution < -0.4 is 0 Å². The summed E-state index contributed by atoms with van der Waals surface area (Å²) in [5, 5.41) is 7.67. The summed E-state index contributed by atoms with van der Waals surface area (Å²) in [5.41, 5.74) is 1.45. The zero-order valence-electron chi connectivity index (χ0n) is 14.0. The number of aromatic nitrogens is 2. The molecule has 0 saturated carbocycles. The maximum atomic E-state index is 12.4. The van der Waals surface area contributed by atoms with E-state index in [1.54, 1.807) is 17.8 Å². The van der Waals surface area contributed by atoms with Gasteiger partial charge in [0, 0.05) is 44.6 Å². The Morgan fingerprint density at radius 2 is 2.08 bits per heavy atom. The van der Waals surface area contributed by atoms with Crippen molar-refractivity contribution >= 4 is 29.5 Å². The number of unbranched alkanes of at least 4 members (excludes halogenated alkanes) is 1. The summed E-state index contributed by atoms with van der Waals surface area (Å²) in [6, 6.07) is 0. The summed E-state index contributed by atoms with van der Waals surface area (Å²) >= 11 is 6.15. The molecule has 2 amide bonds. The van der Waals surface area contributed by atoms with Crippen LogP contribution in [0.25, 0.3) is 6.08 Å². The second-order valence-electron chi connectivity index (χ2n) is 5.64. The van der Waals surface area contributed by atoms with Crippen LogP contribution >= 0.6 is 11.6 Å². The third-order valence-corrected chi connectivity index (χ3v) is 4.32. The highest BCUT2D eigenvalue weighted by molar-refractivity contribution is 6.31. The van der Waals surface area contributed by atoms with Gasteiger partial charge in [-0.05, 0) is 25.8 Å². The second kappa shape index (κ2) is 8.02. The molecule has 0 bridgehead atoms. The molecule has 0 radical (unpaired) electrons. The smallest absolute Gasteiger partial charge is 0.265 e. The zero-order chi connectivity index (χ0) is 17.7. The molecule has 1 saturated heterocycles. The lowest BCUT2D eigenvalue weighted by molar-refractivity contribution is -0.154. The maximum absolute atomic E-state index is 12.4. The number of terminal acetylenes is 1. The maximum Gasteiger partial charge on any atom is 0.265 e. The third kappa shape index (κ3) is 3.98. The number of carbonyl (C=O) groups excluding carboxylic acids is 2. The highest BCUT2D eigenvalue weighted by Gasteiger charge is 2.29. The molecule has 7 heteroatoms. The highest BCUT2D eigenvalue weighted by Crippen LogP contribution is 2.21. The Morgan fingerprint density at radius 3 is 2.71 bits per heavy atom. The van der Waals surface area contributed by atoms with Crippen LogP contribution in [0.4, 0.5) is 0 Å². The number of nitrogens with zero attached hydrogens (tertiary/aromatic N) is 4. The minimum atomic E-state index is -0.239. The fourth-order valence-corrected chi connectivity index (χ4v) is 2.88. The van der Waals surface area contributed by atoms with Crippen molar-refractivity contribution in [1.82, 2.24) is 19.8 Å². The van der Waals surface area contributed by atoms with Gasteiger partial charge in [0.2, 0.25) is 5.91 Å². The second-order valence-corrected chi connectivity index (χ2v) is 5.99. The van der Waals surface area contributed by atoms with Crippen molar-refractivity contribution in [3.63, 3.8) is 0 Å². The van der Waals surface area contributed by atoms with Crippen LogP contribution in [0.2, 0.25) is 5.15 Å². The summed E-state index contributed by atoms with van der Waals surface area (Å²) in [4.78, 5) is 24.7. The van der Waals surface area contributed by atoms with Crippen LogP contribution in [-0.2, 0) is 16.6 Å². The minimum absolute atomic E-state index is 0.0694. The van der Waals surface area contributed by atoms with E-state index in [1.807, 2.05) is 6.92 Å². The van der Waals surface area contributed by atoms with Crippen molar-refractivity contribution in [2.45, 2.75) is 32.6 Å². The number of hydrogen-bond acceptors (Lipinski definition) is 3. The summed E-state index contributed by atoms with van der Waals surface area (Å²) < 4.78 is 1.55. The van der Waals surface area contributed by atoms with Gasteiger partial charge in [0.1, 0.15) is 5.15 Å². The SMILES string of the molecule is C#CCCCC(=O)N1CCCN1C(=O)C=Cc1c(C)nn(C)c1Cl. The number of halogens is 1. The molecule has 0 atom stereocenters. The van der Waals surface area contributed by atoms with Crippen molar-refractivity contribution in [3.8, 4) is 12.3 Å². The summed E-state index contributed by atoms with van der Waals surface area (Å²) in [7, 11) is 1.74. The van der Waals surface area contributed by atoms with Crippen molar-refractivity contribution in [1.29, 1.82) is 0 Å². The van der Waals surface area contributed by atoms with Crippen molar-refractivity contribution in [3.05, 3.63) is 22.5 Å². The Bertz CT molecular complexity index is 702. The average Bonchev–Trinajstić information content (AvgIpc) is 3.12. The van der Waals surface area contributed by atoms with Crippen LogP contribution in [0.1, 0.15) is 36.9 Å². The molecule has 1 aromatic rings. The van der Waals surface area contributed by atoms with Gasteiger partial charge in [-0.15, -0.1) is 12.3 Å². The Labute approximate surface area is 147 Å². The Balaban J connectivity index is 2.04. The van der Waals surface area contributed by atoms with E-state index in [-0.39, 0.29) is 11.8 Å². The number of amides is 2. The van der Waals surface area contributed by atoms with Crippen molar-refractivity contribution in [2.75, 3.05) is 13.1 Å². The molecule has 0 aromatic carbocycles. The van der Waals surface area contributed by atoms with E-state index >= 15 is 0 Å². The minimum Gasteiger partial charge on any atom is -0.273 e. The first-order valence-electron chi connectivity index (χ1n) is 7.88. The van der Waals surface area contributed by atoms with E-state index in [4.69, 9.17) is 18.0 Å². The summed E-state index contributed by atoms with van der Waals surface area (Å²) in [6.07, 6.45) is 10.6. The van der Waals surface area contributed by atoms with Crippen LogP contribution in [0.15, 0.2) is 6.08 Å². The predicted molar refractivity (Wildman–Crippen MR) is 92.7 cm³/mol. The highest BCUT2D eigenvalue weighted by atomic mass is 35.5. The first-order valence-corrected chi connectivity index (χ1v) is 8.26. The Morgan fingerprint density at radius 1 is 1.38 bits per heavy atom. The van der Waals surface area contributed by atoms with E-state index < -0.39 is 0 Å². The normalized spacial score (nSPS) is 14.4. The van der Waals surface area contributed by atoms with Gasteiger partial charge in [0.15, 0.2) is 0 Å². The lowest BCUT2D eigenvalue weighted by Crippen LogP contribution is -2.44. The number of aryl methyl sites for hydroxylation is 2. The first kappa shape index (κ1) is 18.1. The van der Waals surface area contributed by atoms with Gasteiger partial charge in [0.25, 0.3) is 5.91 Å². The Hall–Kier alpha value is -2.26. The zero-order valence-corrected chi connectivity index (χ0v) is 14.7. The molecule has 128 valence electrons. The molecule has 6 nitrogen and oxygen atoms in total. The summed E-state index contributed by atoms with van der Waals surface area (Å²) in [6.45, 7) is 2.91. The molecule has 0 N–H and O–H groups in total. The van der Waals surface area contributed by atoms with E-state index in [0.29, 0.717) is 43.1 Å². The van der Waals surface area contributed by atoms with Gasteiger partial charge in [0.05, 0.1) is 5.69 Å². The van der Waals surface area contributed by atoms with Gasteiger partial charge in [-0.25, -0.2) is 5.01 Å². The van der Waals surface area contributed by atoms with Crippen LogP contribution in [0, 0.1) is 19.3 Å². The predicted octanol–water partition coefficient (Wildman–Crippen LogP) is 2.17. The van der Waals surface area contributed by atoms with Gasteiger partial charge in [-0.1, -0.05) is 11.6 Å². The number of carbonyl (C=O) groups is 2. The number of hydrazine groups is 1. The average molecular weight is 349 g/mol. The molecule has 2 rings (SSSR count). The molecule has 0 unspecified atom stereocenters. The molecule has 24 heavy (non-hydrogen) atoms. The van der Waals surface area contributed by atoms with E-state index in [1.165, 1.54) is 16.1 Å². The molecule has 2 heterocycles. The molecule has 0 aliphatic carbocycles. The first-order chi connectivity index (χ1) is 11.5. The standard InChI is InChI=1S/C17H21ClN4O2/c1-4-5-6-8-15(23)21-11-7-12-22(21)16(24)10-9-14-13(2)19-20(3)17(14)18/h1,9-10H,5-8,11-12H2,2-3H3. The van der Waals surface area contributed by atoms with Crippen molar-refractivity contribution in [2.24, 2.45) is 7.05 Å². The number of rotatable bonds is 5. The molecule has 1 aliphatic rings. The van der Waals surface area contributed by atoms with Gasteiger partial charge < -0.3 is 0 Å². The van der Waals surface area contributed by atoms with Crippen molar-refractivity contribution < 1.29 is 9.59 Å². The van der Waals surface area contributed by atoms with Crippen LogP contribution in [0.3, 0.4) is 0 Å². The fraction of sp³-hybridized carbons (Fsp3) is 0.471.